The van der Waals surface area contributed by atoms with Crippen LogP contribution in [0.2, 0.25) is 0 Å². The van der Waals surface area contributed by atoms with Crippen molar-refractivity contribution < 1.29 is 37.3 Å². The Bertz CT molecular complexity index is 1410. The minimum atomic E-state index is -1.36. The van der Waals surface area contributed by atoms with Crippen LogP contribution < -0.4 is 15.6 Å². The van der Waals surface area contributed by atoms with Gasteiger partial charge >= 0.3 is 0 Å². The van der Waals surface area contributed by atoms with Crippen LogP contribution in [-0.2, 0) is 4.74 Å². The molecule has 1 unspecified atom stereocenters. The SMILES string of the molecule is COCC(NC(=O)c1cn(-c2c(F)cc(F)cc2F)c2nc(N3C[C@@H](O)[C@H](O)C3)c(F)cc2c1=O)C(C)C. The molecule has 1 aliphatic rings. The summed E-state index contributed by atoms with van der Waals surface area (Å²) in [5.74, 6) is -6.37. The summed E-state index contributed by atoms with van der Waals surface area (Å²) in [7, 11) is 1.43. The Balaban J connectivity index is 1.97. The Kier molecular flexibility index (Phi) is 7.72. The largest absolute Gasteiger partial charge is 0.389 e. The predicted molar refractivity (Wildman–Crippen MR) is 129 cm³/mol. The van der Waals surface area contributed by atoms with E-state index in [4.69, 9.17) is 4.74 Å². The lowest BCUT2D eigenvalue weighted by atomic mass is 10.0. The van der Waals surface area contributed by atoms with Crippen LogP contribution in [0.15, 0.2) is 29.2 Å². The Hall–Kier alpha value is -3.55. The number of anilines is 1. The van der Waals surface area contributed by atoms with Crippen LogP contribution in [0.3, 0.4) is 0 Å². The normalized spacial score (nSPS) is 18.4. The number of rotatable bonds is 7. The van der Waals surface area contributed by atoms with Crippen LogP contribution in [0, 0.1) is 29.2 Å². The molecule has 1 amide bonds. The number of ether oxygens (including phenoxy) is 1. The third-order valence-corrected chi connectivity index (χ3v) is 6.41. The number of benzene rings is 1. The van der Waals surface area contributed by atoms with Gasteiger partial charge in [0.15, 0.2) is 28.9 Å². The zero-order valence-corrected chi connectivity index (χ0v) is 20.7. The maximum absolute atomic E-state index is 15.2. The molecule has 0 aliphatic carbocycles. The smallest absolute Gasteiger partial charge is 0.257 e. The number of halogens is 4. The summed E-state index contributed by atoms with van der Waals surface area (Å²) in [6.07, 6.45) is -1.55. The van der Waals surface area contributed by atoms with Gasteiger partial charge in [0.1, 0.15) is 17.1 Å². The van der Waals surface area contributed by atoms with E-state index in [-0.39, 0.29) is 25.6 Å². The monoisotopic (exact) mass is 538 g/mol. The van der Waals surface area contributed by atoms with Crippen molar-refractivity contribution in [2.45, 2.75) is 32.1 Å². The molecule has 204 valence electrons. The molecule has 3 heterocycles. The van der Waals surface area contributed by atoms with Crippen LogP contribution in [0.4, 0.5) is 23.4 Å². The van der Waals surface area contributed by atoms with Crippen molar-refractivity contribution in [3.8, 4) is 5.69 Å². The molecule has 1 aromatic carbocycles. The van der Waals surface area contributed by atoms with Crippen molar-refractivity contribution in [3.63, 3.8) is 0 Å². The highest BCUT2D eigenvalue weighted by atomic mass is 19.1. The van der Waals surface area contributed by atoms with Gasteiger partial charge in [-0.15, -0.1) is 0 Å². The van der Waals surface area contributed by atoms with Gasteiger partial charge in [0, 0.05) is 38.5 Å². The second kappa shape index (κ2) is 10.7. The highest BCUT2D eigenvalue weighted by Gasteiger charge is 2.33. The quantitative estimate of drug-likeness (QED) is 0.394. The summed E-state index contributed by atoms with van der Waals surface area (Å²) in [6, 6.07) is 1.06. The molecule has 3 aromatic rings. The minimum Gasteiger partial charge on any atom is -0.389 e. The van der Waals surface area contributed by atoms with E-state index in [1.807, 2.05) is 0 Å². The lowest BCUT2D eigenvalue weighted by molar-refractivity contribution is 0.0572. The fraction of sp³-hybridized carbons (Fsp3) is 0.400. The van der Waals surface area contributed by atoms with Crippen LogP contribution in [-0.4, -0.2) is 70.7 Å². The average molecular weight is 538 g/mol. The highest BCUT2D eigenvalue weighted by Crippen LogP contribution is 2.28. The van der Waals surface area contributed by atoms with Crippen LogP contribution in [0.1, 0.15) is 24.2 Å². The number of β-amino-alcohol motifs (C(OH)–C–C–N with tert-alkyl or cyclic N) is 2. The molecule has 0 bridgehead atoms. The van der Waals surface area contributed by atoms with E-state index >= 15 is 4.39 Å². The first-order valence-electron chi connectivity index (χ1n) is 11.7. The third kappa shape index (κ3) is 5.08. The van der Waals surface area contributed by atoms with E-state index in [0.717, 1.165) is 16.8 Å². The maximum atomic E-state index is 15.2. The van der Waals surface area contributed by atoms with Gasteiger partial charge in [0.05, 0.1) is 30.2 Å². The van der Waals surface area contributed by atoms with Crippen molar-refractivity contribution >= 4 is 22.8 Å². The second-order valence-corrected chi connectivity index (χ2v) is 9.44. The van der Waals surface area contributed by atoms with Gasteiger partial charge in [-0.1, -0.05) is 13.8 Å². The second-order valence-electron chi connectivity index (χ2n) is 9.44. The van der Waals surface area contributed by atoms with Crippen LogP contribution in [0.25, 0.3) is 16.7 Å². The first-order valence-corrected chi connectivity index (χ1v) is 11.7. The van der Waals surface area contributed by atoms with Gasteiger partial charge in [-0.3, -0.25) is 14.2 Å². The van der Waals surface area contributed by atoms with Crippen molar-refractivity contribution in [2.24, 2.45) is 5.92 Å². The van der Waals surface area contributed by atoms with E-state index < -0.39 is 81.0 Å². The van der Waals surface area contributed by atoms with Crippen molar-refractivity contribution in [2.75, 3.05) is 31.7 Å². The number of aliphatic hydroxyl groups is 2. The Morgan fingerprint density at radius 2 is 1.71 bits per heavy atom. The molecular weight excluding hydrogens is 512 g/mol. The molecule has 1 saturated heterocycles. The fourth-order valence-electron chi connectivity index (χ4n) is 4.30. The summed E-state index contributed by atoms with van der Waals surface area (Å²) in [4.78, 5) is 31.8. The zero-order chi connectivity index (χ0) is 27.9. The first-order chi connectivity index (χ1) is 17.9. The number of pyridine rings is 2. The van der Waals surface area contributed by atoms with Crippen LogP contribution in [0.5, 0.6) is 0 Å². The molecule has 1 fully saturated rings. The molecule has 38 heavy (non-hydrogen) atoms. The van der Waals surface area contributed by atoms with Gasteiger partial charge in [0.25, 0.3) is 5.91 Å². The lowest BCUT2D eigenvalue weighted by Crippen LogP contribution is -2.43. The molecule has 13 heteroatoms. The maximum Gasteiger partial charge on any atom is 0.257 e. The van der Waals surface area contributed by atoms with Gasteiger partial charge in [0.2, 0.25) is 5.43 Å². The number of fused-ring (bicyclic) bond motifs is 1. The molecule has 0 saturated carbocycles. The van der Waals surface area contributed by atoms with Crippen molar-refractivity contribution in [1.29, 1.82) is 0 Å². The minimum absolute atomic E-state index is 0.110. The van der Waals surface area contributed by atoms with E-state index in [1.165, 1.54) is 12.0 Å². The molecule has 3 atom stereocenters. The Morgan fingerprint density at radius 1 is 1.11 bits per heavy atom. The number of nitrogens with one attached hydrogen (secondary N) is 1. The van der Waals surface area contributed by atoms with Crippen molar-refractivity contribution in [3.05, 3.63) is 63.5 Å². The number of aromatic nitrogens is 2. The Morgan fingerprint density at radius 3 is 2.26 bits per heavy atom. The van der Waals surface area contributed by atoms with E-state index in [1.54, 1.807) is 13.8 Å². The number of aliphatic hydroxyl groups excluding tert-OH is 2. The number of carbonyl (C=O) groups excluding carboxylic acids is 1. The van der Waals surface area contributed by atoms with Gasteiger partial charge in [-0.05, 0) is 12.0 Å². The van der Waals surface area contributed by atoms with Gasteiger partial charge in [-0.2, -0.15) is 0 Å². The summed E-state index contributed by atoms with van der Waals surface area (Å²) in [6.45, 7) is 3.32. The first kappa shape index (κ1) is 27.5. The topological polar surface area (TPSA) is 117 Å². The summed E-state index contributed by atoms with van der Waals surface area (Å²) >= 11 is 0. The molecule has 9 nitrogen and oxygen atoms in total. The van der Waals surface area contributed by atoms with Gasteiger partial charge in [-0.25, -0.2) is 22.5 Å². The number of amides is 1. The third-order valence-electron chi connectivity index (χ3n) is 6.41. The number of hydrogen-bond acceptors (Lipinski definition) is 7. The molecule has 2 aromatic heterocycles. The molecule has 0 spiro atoms. The summed E-state index contributed by atoms with van der Waals surface area (Å²) in [5.41, 5.74) is -2.81. The summed E-state index contributed by atoms with van der Waals surface area (Å²) in [5, 5.41) is 21.9. The standard InChI is InChI=1S/C25H26F4N4O5/c1-11(2)18(10-38-3)30-25(37)14-7-33(21-15(27)4-12(26)5-16(21)28)23-13(22(14)36)6-17(29)24(31-23)32-8-19(34)20(35)9-32/h4-7,11,18-20,34-35H,8-10H2,1-3H3,(H,30,37)/t18?,19-,20-/m1/s1. The number of carbonyl (C=O) groups is 1. The molecule has 1 aliphatic heterocycles. The number of methoxy groups -OCH3 is 1. The van der Waals surface area contributed by atoms with E-state index in [0.29, 0.717) is 12.1 Å². The summed E-state index contributed by atoms with van der Waals surface area (Å²) < 4.78 is 64.4. The van der Waals surface area contributed by atoms with Crippen molar-refractivity contribution in [1.82, 2.24) is 14.9 Å². The number of nitrogens with zero attached hydrogens (tertiary/aromatic N) is 3. The fourth-order valence-corrected chi connectivity index (χ4v) is 4.30. The van der Waals surface area contributed by atoms with Gasteiger partial charge < -0.3 is 25.2 Å². The van der Waals surface area contributed by atoms with Crippen LogP contribution >= 0.6 is 0 Å². The lowest BCUT2D eigenvalue weighted by Gasteiger charge is -2.22. The molecule has 4 rings (SSSR count). The molecule has 3 N–H and O–H groups in total. The molecule has 0 radical (unpaired) electrons. The Labute approximate surface area is 214 Å². The highest BCUT2D eigenvalue weighted by molar-refractivity contribution is 5.97. The number of hydrogen-bond donors (Lipinski definition) is 3. The average Bonchev–Trinajstić information content (AvgIpc) is 3.17. The van der Waals surface area contributed by atoms with E-state index in [9.17, 15) is 33.0 Å². The van der Waals surface area contributed by atoms with E-state index in [2.05, 4.69) is 10.3 Å². The molecular formula is C25H26F4N4O5. The zero-order valence-electron chi connectivity index (χ0n) is 20.7. The predicted octanol–water partition coefficient (Wildman–Crippen LogP) is 1.88.